The number of carbonyl (C=O) groups excluding carboxylic acids is 1. The predicted molar refractivity (Wildman–Crippen MR) is 99.2 cm³/mol. The molecule has 0 bridgehead atoms. The summed E-state index contributed by atoms with van der Waals surface area (Å²) in [6, 6.07) is 2.89. The van der Waals surface area contributed by atoms with Gasteiger partial charge in [0.2, 0.25) is 0 Å². The number of carbonyl (C=O) groups is 1. The van der Waals surface area contributed by atoms with Gasteiger partial charge in [0.15, 0.2) is 5.65 Å². The molecule has 1 aromatic carbocycles. The molecule has 0 fully saturated rings. The SMILES string of the molecule is CCNC(=O)n1ncc2c3[nH]n(-c4cc(C)cc(C(F)(F)F)c4)c(=O)c3cnc21. The van der Waals surface area contributed by atoms with Crippen LogP contribution in [0.25, 0.3) is 27.6 Å². The maximum Gasteiger partial charge on any atom is 0.416 e. The van der Waals surface area contributed by atoms with Gasteiger partial charge in [-0.3, -0.25) is 9.89 Å². The molecule has 29 heavy (non-hydrogen) atoms. The molecule has 3 heterocycles. The van der Waals surface area contributed by atoms with Crippen molar-refractivity contribution >= 4 is 28.0 Å². The number of aromatic nitrogens is 5. The van der Waals surface area contributed by atoms with E-state index in [1.807, 2.05) is 0 Å². The largest absolute Gasteiger partial charge is 0.416 e. The molecule has 0 aliphatic heterocycles. The number of rotatable bonds is 2. The number of hydrogen-bond donors (Lipinski definition) is 2. The summed E-state index contributed by atoms with van der Waals surface area (Å²) in [5, 5.41) is 9.98. The van der Waals surface area contributed by atoms with Crippen LogP contribution in [0.4, 0.5) is 18.0 Å². The Bertz CT molecular complexity index is 1320. The molecule has 0 radical (unpaired) electrons. The summed E-state index contributed by atoms with van der Waals surface area (Å²) in [6.07, 6.45) is -1.90. The molecule has 8 nitrogen and oxygen atoms in total. The van der Waals surface area contributed by atoms with Crippen molar-refractivity contribution in [1.29, 1.82) is 0 Å². The fraction of sp³-hybridized carbons (Fsp3) is 0.222. The van der Waals surface area contributed by atoms with Gasteiger partial charge in [-0.25, -0.2) is 14.5 Å². The molecule has 3 aromatic heterocycles. The minimum absolute atomic E-state index is 0.0443. The van der Waals surface area contributed by atoms with E-state index in [1.165, 1.54) is 25.4 Å². The number of nitrogens with one attached hydrogen (secondary N) is 2. The summed E-state index contributed by atoms with van der Waals surface area (Å²) >= 11 is 0. The number of alkyl halides is 3. The molecule has 2 N–H and O–H groups in total. The van der Waals surface area contributed by atoms with Crippen molar-refractivity contribution in [2.75, 3.05) is 6.54 Å². The number of amides is 1. The molecule has 0 aliphatic rings. The Balaban J connectivity index is 1.93. The van der Waals surface area contributed by atoms with Crippen LogP contribution in [0.5, 0.6) is 0 Å². The monoisotopic (exact) mass is 404 g/mol. The molecule has 0 aliphatic carbocycles. The highest BCUT2D eigenvalue weighted by atomic mass is 19.4. The molecule has 150 valence electrons. The average molecular weight is 404 g/mol. The van der Waals surface area contributed by atoms with Crippen LogP contribution >= 0.6 is 0 Å². The summed E-state index contributed by atoms with van der Waals surface area (Å²) in [6.45, 7) is 3.66. The van der Waals surface area contributed by atoms with Gasteiger partial charge in [0, 0.05) is 12.7 Å². The molecule has 4 aromatic rings. The van der Waals surface area contributed by atoms with Crippen molar-refractivity contribution in [3.63, 3.8) is 0 Å². The van der Waals surface area contributed by atoms with Crippen LogP contribution < -0.4 is 10.9 Å². The molecule has 1 amide bonds. The second kappa shape index (κ2) is 6.47. The van der Waals surface area contributed by atoms with Crippen LogP contribution in [0.1, 0.15) is 18.1 Å². The number of nitrogens with zero attached hydrogens (tertiary/aromatic N) is 4. The lowest BCUT2D eigenvalue weighted by Gasteiger charge is -2.10. The quantitative estimate of drug-likeness (QED) is 0.537. The maximum absolute atomic E-state index is 13.2. The van der Waals surface area contributed by atoms with Crippen molar-refractivity contribution < 1.29 is 18.0 Å². The number of halogens is 3. The van der Waals surface area contributed by atoms with E-state index in [9.17, 15) is 22.8 Å². The third-order valence-electron chi connectivity index (χ3n) is 4.42. The van der Waals surface area contributed by atoms with Crippen molar-refractivity contribution in [3.8, 4) is 5.69 Å². The van der Waals surface area contributed by atoms with E-state index < -0.39 is 23.3 Å². The Morgan fingerprint density at radius 3 is 2.66 bits per heavy atom. The summed E-state index contributed by atoms with van der Waals surface area (Å²) in [5.41, 5.74) is -0.470. The molecule has 4 rings (SSSR count). The highest BCUT2D eigenvalue weighted by Crippen LogP contribution is 2.31. The smallest absolute Gasteiger partial charge is 0.336 e. The van der Waals surface area contributed by atoms with E-state index in [0.717, 1.165) is 21.5 Å². The molecular formula is C18H15F3N6O2. The van der Waals surface area contributed by atoms with Gasteiger partial charge < -0.3 is 5.32 Å². The number of aryl methyl sites for hydroxylation is 1. The van der Waals surface area contributed by atoms with Crippen LogP contribution in [0, 0.1) is 6.92 Å². The van der Waals surface area contributed by atoms with Crippen molar-refractivity contribution in [1.82, 2.24) is 29.9 Å². The predicted octanol–water partition coefficient (Wildman–Crippen LogP) is 2.97. The van der Waals surface area contributed by atoms with Gasteiger partial charge in [-0.05, 0) is 37.6 Å². The first-order chi connectivity index (χ1) is 13.7. The van der Waals surface area contributed by atoms with Gasteiger partial charge >= 0.3 is 12.2 Å². The standard InChI is InChI=1S/C18H15F3N6O2/c1-3-22-17(29)27-15-12(8-24-27)14-13(7-23-15)16(28)26(25-14)11-5-9(2)4-10(6-11)18(19,20)21/h4-8,25H,3H2,1-2H3,(H,22,29). The minimum atomic E-state index is -4.54. The first-order valence-electron chi connectivity index (χ1n) is 8.65. The van der Waals surface area contributed by atoms with Crippen molar-refractivity contribution in [2.24, 2.45) is 0 Å². The van der Waals surface area contributed by atoms with E-state index in [4.69, 9.17) is 0 Å². The molecule has 0 saturated carbocycles. The Labute approximate surface area is 160 Å². The Kier molecular flexibility index (Phi) is 4.17. The first kappa shape index (κ1) is 18.7. The zero-order valence-electron chi connectivity index (χ0n) is 15.3. The lowest BCUT2D eigenvalue weighted by molar-refractivity contribution is -0.137. The van der Waals surface area contributed by atoms with Gasteiger partial charge in [0.05, 0.1) is 33.7 Å². The number of pyridine rings is 1. The van der Waals surface area contributed by atoms with E-state index in [-0.39, 0.29) is 16.7 Å². The van der Waals surface area contributed by atoms with Crippen LogP contribution in [-0.2, 0) is 6.18 Å². The molecule has 0 saturated heterocycles. The van der Waals surface area contributed by atoms with Crippen LogP contribution in [0.3, 0.4) is 0 Å². The number of H-pyrrole nitrogens is 1. The molecule has 11 heteroatoms. The zero-order valence-corrected chi connectivity index (χ0v) is 15.3. The van der Waals surface area contributed by atoms with E-state index >= 15 is 0 Å². The van der Waals surface area contributed by atoms with Gasteiger partial charge in [0.25, 0.3) is 5.56 Å². The fourth-order valence-electron chi connectivity index (χ4n) is 3.16. The second-order valence-corrected chi connectivity index (χ2v) is 6.48. The lowest BCUT2D eigenvalue weighted by Crippen LogP contribution is -2.29. The number of fused-ring (bicyclic) bond motifs is 3. The van der Waals surface area contributed by atoms with E-state index in [0.29, 0.717) is 23.0 Å². The van der Waals surface area contributed by atoms with Crippen molar-refractivity contribution in [2.45, 2.75) is 20.0 Å². The van der Waals surface area contributed by atoms with E-state index in [2.05, 4.69) is 20.5 Å². The number of benzene rings is 1. The van der Waals surface area contributed by atoms with Crippen molar-refractivity contribution in [3.05, 3.63) is 52.1 Å². The maximum atomic E-state index is 13.2. The average Bonchev–Trinajstić information content (AvgIpc) is 3.22. The first-order valence-corrected chi connectivity index (χ1v) is 8.65. The molecule has 0 unspecified atom stereocenters. The van der Waals surface area contributed by atoms with Crippen LogP contribution in [0.15, 0.2) is 35.4 Å². The third kappa shape index (κ3) is 3.04. The zero-order chi connectivity index (χ0) is 20.9. The fourth-order valence-corrected chi connectivity index (χ4v) is 3.16. The second-order valence-electron chi connectivity index (χ2n) is 6.48. The van der Waals surface area contributed by atoms with Gasteiger partial charge in [-0.15, -0.1) is 0 Å². The van der Waals surface area contributed by atoms with Gasteiger partial charge in [-0.1, -0.05) is 0 Å². The molecule has 0 spiro atoms. The highest BCUT2D eigenvalue weighted by molar-refractivity contribution is 6.03. The topological polar surface area (TPSA) is 97.6 Å². The summed E-state index contributed by atoms with van der Waals surface area (Å²) in [4.78, 5) is 29.0. The van der Waals surface area contributed by atoms with Crippen LogP contribution in [0.2, 0.25) is 0 Å². The Morgan fingerprint density at radius 1 is 1.21 bits per heavy atom. The van der Waals surface area contributed by atoms with Gasteiger partial charge in [0.1, 0.15) is 0 Å². The number of hydrogen-bond acceptors (Lipinski definition) is 4. The highest BCUT2D eigenvalue weighted by Gasteiger charge is 2.31. The van der Waals surface area contributed by atoms with E-state index in [1.54, 1.807) is 6.92 Å². The third-order valence-corrected chi connectivity index (χ3v) is 4.42. The summed E-state index contributed by atoms with van der Waals surface area (Å²) in [7, 11) is 0. The number of aromatic amines is 1. The normalized spacial score (nSPS) is 12.0. The minimum Gasteiger partial charge on any atom is -0.336 e. The molecule has 0 atom stereocenters. The Hall–Kier alpha value is -3.63. The van der Waals surface area contributed by atoms with Gasteiger partial charge in [-0.2, -0.15) is 23.0 Å². The molecular weight excluding hydrogens is 389 g/mol. The summed E-state index contributed by atoms with van der Waals surface area (Å²) in [5.74, 6) is 0. The Morgan fingerprint density at radius 2 is 1.97 bits per heavy atom. The lowest BCUT2D eigenvalue weighted by atomic mass is 10.1. The summed E-state index contributed by atoms with van der Waals surface area (Å²) < 4.78 is 41.6. The van der Waals surface area contributed by atoms with Crippen LogP contribution in [-0.4, -0.2) is 37.1 Å².